The highest BCUT2D eigenvalue weighted by Crippen LogP contribution is 2.33. The van der Waals surface area contributed by atoms with Gasteiger partial charge in [0.05, 0.1) is 17.8 Å². The van der Waals surface area contributed by atoms with Crippen LogP contribution < -0.4 is 9.64 Å². The van der Waals surface area contributed by atoms with Crippen molar-refractivity contribution in [3.05, 3.63) is 59.2 Å². The highest BCUT2D eigenvalue weighted by Gasteiger charge is 2.20. The van der Waals surface area contributed by atoms with Crippen LogP contribution in [0, 0.1) is 6.92 Å². The Morgan fingerprint density at radius 3 is 2.90 bits per heavy atom. The lowest BCUT2D eigenvalue weighted by molar-refractivity contribution is 0.0695. The number of carboxylic acids is 1. The first-order valence-electron chi connectivity index (χ1n) is 6.95. The zero-order chi connectivity index (χ0) is 14.8. The number of rotatable bonds is 3. The molecule has 2 aromatic rings. The number of aryl methyl sites for hydroxylation is 1. The minimum atomic E-state index is -0.886. The minimum Gasteiger partial charge on any atom is -0.490 e. The molecule has 0 aromatic heterocycles. The average molecular weight is 283 g/mol. The van der Waals surface area contributed by atoms with Crippen LogP contribution in [0.5, 0.6) is 5.75 Å². The second-order valence-corrected chi connectivity index (χ2v) is 5.20. The fourth-order valence-corrected chi connectivity index (χ4v) is 2.62. The molecule has 4 heteroatoms. The molecule has 1 heterocycles. The van der Waals surface area contributed by atoms with Crippen molar-refractivity contribution in [1.82, 2.24) is 0 Å². The number of benzene rings is 2. The Morgan fingerprint density at radius 1 is 1.29 bits per heavy atom. The van der Waals surface area contributed by atoms with Crippen LogP contribution in [0.1, 0.15) is 21.5 Å². The molecule has 1 N–H and O–H groups in total. The Hall–Kier alpha value is -2.49. The largest absolute Gasteiger partial charge is 0.490 e. The fraction of sp³-hybridized carbons (Fsp3) is 0.235. The van der Waals surface area contributed by atoms with Gasteiger partial charge in [0.1, 0.15) is 12.4 Å². The van der Waals surface area contributed by atoms with Crippen LogP contribution in [0.25, 0.3) is 0 Å². The first-order valence-corrected chi connectivity index (χ1v) is 6.95. The number of ether oxygens (including phenoxy) is 1. The summed E-state index contributed by atoms with van der Waals surface area (Å²) in [6, 6.07) is 13.2. The molecule has 0 saturated heterocycles. The second kappa shape index (κ2) is 5.48. The van der Waals surface area contributed by atoms with Crippen LogP contribution in [-0.4, -0.2) is 24.2 Å². The van der Waals surface area contributed by atoms with E-state index in [9.17, 15) is 9.90 Å². The summed E-state index contributed by atoms with van der Waals surface area (Å²) in [5.74, 6) is -0.0166. The molecule has 0 bridgehead atoms. The maximum Gasteiger partial charge on any atom is 0.336 e. The van der Waals surface area contributed by atoms with E-state index in [0.29, 0.717) is 18.7 Å². The number of aromatic carboxylic acids is 1. The molecular weight excluding hydrogens is 266 g/mol. The van der Waals surface area contributed by atoms with Gasteiger partial charge in [0.15, 0.2) is 0 Å². The van der Waals surface area contributed by atoms with Crippen molar-refractivity contribution in [3.8, 4) is 5.75 Å². The number of anilines is 1. The van der Waals surface area contributed by atoms with Gasteiger partial charge in [-0.3, -0.25) is 0 Å². The molecule has 108 valence electrons. The molecule has 0 aliphatic carbocycles. The zero-order valence-electron chi connectivity index (χ0n) is 11.9. The Labute approximate surface area is 123 Å². The third-order valence-corrected chi connectivity index (χ3v) is 3.68. The number of hydrogen-bond acceptors (Lipinski definition) is 3. The van der Waals surface area contributed by atoms with Crippen molar-refractivity contribution in [2.75, 3.05) is 18.1 Å². The van der Waals surface area contributed by atoms with Crippen molar-refractivity contribution in [1.29, 1.82) is 0 Å². The summed E-state index contributed by atoms with van der Waals surface area (Å²) in [4.78, 5) is 13.5. The third kappa shape index (κ3) is 2.70. The van der Waals surface area contributed by atoms with Gasteiger partial charge >= 0.3 is 5.97 Å². The van der Waals surface area contributed by atoms with Gasteiger partial charge in [-0.1, -0.05) is 24.3 Å². The first kappa shape index (κ1) is 13.5. The molecule has 0 unspecified atom stereocenters. The van der Waals surface area contributed by atoms with E-state index in [1.807, 2.05) is 37.3 Å². The molecule has 0 spiro atoms. The molecule has 1 aliphatic rings. The summed E-state index contributed by atoms with van der Waals surface area (Å²) in [5.41, 5.74) is 3.35. The fourth-order valence-electron chi connectivity index (χ4n) is 2.62. The summed E-state index contributed by atoms with van der Waals surface area (Å²) >= 11 is 0. The predicted molar refractivity (Wildman–Crippen MR) is 81.1 cm³/mol. The zero-order valence-corrected chi connectivity index (χ0v) is 11.9. The van der Waals surface area contributed by atoms with Crippen LogP contribution in [0.4, 0.5) is 5.69 Å². The lowest BCUT2D eigenvalue weighted by Gasteiger charge is -2.31. The summed E-state index contributed by atoms with van der Waals surface area (Å²) in [7, 11) is 0. The maximum atomic E-state index is 11.3. The predicted octanol–water partition coefficient (Wildman–Crippen LogP) is 3.09. The van der Waals surface area contributed by atoms with Crippen LogP contribution in [0.15, 0.2) is 42.5 Å². The van der Waals surface area contributed by atoms with Crippen molar-refractivity contribution in [3.63, 3.8) is 0 Å². The lowest BCUT2D eigenvalue weighted by Crippen LogP contribution is -2.32. The van der Waals surface area contributed by atoms with Crippen molar-refractivity contribution < 1.29 is 14.6 Å². The Morgan fingerprint density at radius 2 is 2.10 bits per heavy atom. The van der Waals surface area contributed by atoms with Crippen molar-refractivity contribution >= 4 is 11.7 Å². The van der Waals surface area contributed by atoms with Crippen molar-refractivity contribution in [2.24, 2.45) is 0 Å². The number of nitrogens with zero attached hydrogens (tertiary/aromatic N) is 1. The SMILES string of the molecule is Cc1ccc2c(c1)OCCN2Cc1ccccc1C(=O)O. The molecule has 4 nitrogen and oxygen atoms in total. The monoisotopic (exact) mass is 283 g/mol. The molecule has 3 rings (SSSR count). The van der Waals surface area contributed by atoms with Crippen LogP contribution in [0.3, 0.4) is 0 Å². The molecule has 0 amide bonds. The summed E-state index contributed by atoms with van der Waals surface area (Å²) in [6.45, 7) is 3.97. The Balaban J connectivity index is 1.92. The first-order chi connectivity index (χ1) is 10.1. The number of fused-ring (bicyclic) bond motifs is 1. The topological polar surface area (TPSA) is 49.8 Å². The number of hydrogen-bond donors (Lipinski definition) is 1. The highest BCUT2D eigenvalue weighted by atomic mass is 16.5. The van der Waals surface area contributed by atoms with Crippen molar-refractivity contribution in [2.45, 2.75) is 13.5 Å². The van der Waals surface area contributed by atoms with Gasteiger partial charge in [-0.05, 0) is 36.2 Å². The lowest BCUT2D eigenvalue weighted by atomic mass is 10.1. The van der Waals surface area contributed by atoms with E-state index < -0.39 is 5.97 Å². The van der Waals surface area contributed by atoms with E-state index in [-0.39, 0.29) is 0 Å². The van der Waals surface area contributed by atoms with Gasteiger partial charge in [0.25, 0.3) is 0 Å². The normalized spacial score (nSPS) is 13.5. The summed E-state index contributed by atoms with van der Waals surface area (Å²) in [6.07, 6.45) is 0. The number of carbonyl (C=O) groups is 1. The third-order valence-electron chi connectivity index (χ3n) is 3.68. The summed E-state index contributed by atoms with van der Waals surface area (Å²) < 4.78 is 5.69. The van der Waals surface area contributed by atoms with Gasteiger partial charge in [-0.2, -0.15) is 0 Å². The van der Waals surface area contributed by atoms with E-state index >= 15 is 0 Å². The molecular formula is C17H17NO3. The second-order valence-electron chi connectivity index (χ2n) is 5.20. The van der Waals surface area contributed by atoms with Gasteiger partial charge in [-0.15, -0.1) is 0 Å². The van der Waals surface area contributed by atoms with E-state index in [4.69, 9.17) is 4.74 Å². The van der Waals surface area contributed by atoms with Gasteiger partial charge < -0.3 is 14.7 Å². The number of carboxylic acid groups (broad SMARTS) is 1. The minimum absolute atomic E-state index is 0.359. The molecule has 0 fully saturated rings. The summed E-state index contributed by atoms with van der Waals surface area (Å²) in [5, 5.41) is 9.28. The molecule has 0 atom stereocenters. The Bertz CT molecular complexity index is 681. The molecule has 1 aliphatic heterocycles. The van der Waals surface area contributed by atoms with E-state index in [1.54, 1.807) is 12.1 Å². The Kier molecular flexibility index (Phi) is 3.52. The molecule has 21 heavy (non-hydrogen) atoms. The van der Waals surface area contributed by atoms with Crippen LogP contribution >= 0.6 is 0 Å². The smallest absolute Gasteiger partial charge is 0.336 e. The van der Waals surface area contributed by atoms with Gasteiger partial charge in [0.2, 0.25) is 0 Å². The standard InChI is InChI=1S/C17H17NO3/c1-12-6-7-15-16(10-12)21-9-8-18(15)11-13-4-2-3-5-14(13)17(19)20/h2-7,10H,8-9,11H2,1H3,(H,19,20). The molecule has 0 saturated carbocycles. The van der Waals surface area contributed by atoms with E-state index in [0.717, 1.165) is 29.1 Å². The quantitative estimate of drug-likeness (QED) is 0.940. The van der Waals surface area contributed by atoms with Gasteiger partial charge in [0, 0.05) is 6.54 Å². The van der Waals surface area contributed by atoms with Crippen LogP contribution in [-0.2, 0) is 6.54 Å². The van der Waals surface area contributed by atoms with E-state index in [2.05, 4.69) is 4.90 Å². The highest BCUT2D eigenvalue weighted by molar-refractivity contribution is 5.89. The molecule has 2 aromatic carbocycles. The van der Waals surface area contributed by atoms with Gasteiger partial charge in [-0.25, -0.2) is 4.79 Å². The average Bonchev–Trinajstić information content (AvgIpc) is 2.47. The van der Waals surface area contributed by atoms with E-state index in [1.165, 1.54) is 0 Å². The maximum absolute atomic E-state index is 11.3. The molecule has 0 radical (unpaired) electrons. The van der Waals surface area contributed by atoms with Crippen LogP contribution in [0.2, 0.25) is 0 Å².